The molecule has 0 amide bonds. The van der Waals surface area contributed by atoms with E-state index in [1.807, 2.05) is 45.0 Å². The van der Waals surface area contributed by atoms with Gasteiger partial charge < -0.3 is 14.0 Å². The molecule has 0 radical (unpaired) electrons. The highest BCUT2D eigenvalue weighted by Crippen LogP contribution is 2.42. The Kier molecular flexibility index (Phi) is 4.52. The second-order valence-electron chi connectivity index (χ2n) is 8.52. The molecule has 6 nitrogen and oxygen atoms in total. The number of fused-ring (bicyclic) bond motifs is 5. The van der Waals surface area contributed by atoms with E-state index in [-0.39, 0.29) is 18.3 Å². The average molecular weight is 418 g/mol. The van der Waals surface area contributed by atoms with Gasteiger partial charge in [0.05, 0.1) is 35.1 Å². The number of rotatable bonds is 4. The molecule has 4 heterocycles. The van der Waals surface area contributed by atoms with Crippen LogP contribution in [0, 0.1) is 0 Å². The van der Waals surface area contributed by atoms with Gasteiger partial charge in [0.1, 0.15) is 6.61 Å². The lowest BCUT2D eigenvalue weighted by Gasteiger charge is -2.37. The summed E-state index contributed by atoms with van der Waals surface area (Å²) in [4.78, 5) is 31.4. The van der Waals surface area contributed by atoms with Crippen LogP contribution in [0.3, 0.4) is 0 Å². The molecule has 2 aromatic heterocycles. The van der Waals surface area contributed by atoms with E-state index in [1.165, 1.54) is 5.56 Å². The standard InChI is InChI=1S/C25H26N2O4/c1-5-15-16-9-7-8-10-20(16)26-22-17(15)12-27-21(22)11-19-18(23(27)28)13-30-24(29)25(19,6-2)31-14(3)4/h7-11,14H,5-6,12-13H2,1-4H3/t25-/m0/s1. The van der Waals surface area contributed by atoms with Crippen molar-refractivity contribution >= 4 is 16.9 Å². The van der Waals surface area contributed by atoms with Crippen LogP contribution in [-0.4, -0.2) is 21.6 Å². The molecule has 0 fully saturated rings. The fourth-order valence-electron chi connectivity index (χ4n) is 5.10. The fourth-order valence-corrected chi connectivity index (χ4v) is 5.10. The van der Waals surface area contributed by atoms with Crippen molar-refractivity contribution < 1.29 is 14.3 Å². The fraction of sp³-hybridized carbons (Fsp3) is 0.400. The predicted octanol–water partition coefficient (Wildman–Crippen LogP) is 4.07. The van der Waals surface area contributed by atoms with Crippen LogP contribution in [-0.2, 0) is 39.4 Å². The maximum atomic E-state index is 13.6. The van der Waals surface area contributed by atoms with Gasteiger partial charge in [-0.1, -0.05) is 32.0 Å². The number of aromatic nitrogens is 2. The number of carbonyl (C=O) groups excluding carboxylic acids is 1. The Labute approximate surface area is 180 Å². The Morgan fingerprint density at radius 2 is 1.97 bits per heavy atom. The Morgan fingerprint density at radius 3 is 2.68 bits per heavy atom. The molecule has 1 aromatic carbocycles. The zero-order chi connectivity index (χ0) is 21.9. The van der Waals surface area contributed by atoms with E-state index < -0.39 is 11.6 Å². The van der Waals surface area contributed by atoms with Crippen LogP contribution < -0.4 is 5.56 Å². The Balaban J connectivity index is 1.81. The number of benzene rings is 1. The van der Waals surface area contributed by atoms with Crippen LogP contribution in [0.5, 0.6) is 0 Å². The van der Waals surface area contributed by atoms with E-state index in [2.05, 4.69) is 13.0 Å². The lowest BCUT2D eigenvalue weighted by Crippen LogP contribution is -2.47. The Bertz CT molecular complexity index is 1290. The van der Waals surface area contributed by atoms with Gasteiger partial charge in [0.25, 0.3) is 5.56 Å². The predicted molar refractivity (Wildman–Crippen MR) is 118 cm³/mol. The van der Waals surface area contributed by atoms with Crippen molar-refractivity contribution in [3.05, 3.63) is 62.9 Å². The molecule has 2 aliphatic heterocycles. The largest absolute Gasteiger partial charge is 0.458 e. The minimum absolute atomic E-state index is 0.0249. The molecule has 0 spiro atoms. The minimum Gasteiger partial charge on any atom is -0.458 e. The third-order valence-corrected chi connectivity index (χ3v) is 6.47. The van der Waals surface area contributed by atoms with Crippen LogP contribution in [0.2, 0.25) is 0 Å². The number of carbonyl (C=O) groups is 1. The highest BCUT2D eigenvalue weighted by molar-refractivity contribution is 5.89. The summed E-state index contributed by atoms with van der Waals surface area (Å²) in [5.41, 5.74) is 4.50. The van der Waals surface area contributed by atoms with Gasteiger partial charge in [-0.05, 0) is 44.4 Å². The van der Waals surface area contributed by atoms with Crippen LogP contribution in [0.25, 0.3) is 22.3 Å². The number of nitrogens with zero attached hydrogens (tertiary/aromatic N) is 2. The molecule has 2 aliphatic rings. The molecular formula is C25H26N2O4. The summed E-state index contributed by atoms with van der Waals surface area (Å²) >= 11 is 0. The van der Waals surface area contributed by atoms with E-state index >= 15 is 0 Å². The minimum atomic E-state index is -1.27. The van der Waals surface area contributed by atoms with E-state index in [0.717, 1.165) is 34.3 Å². The molecule has 0 aliphatic carbocycles. The molecule has 3 aromatic rings. The maximum absolute atomic E-state index is 13.6. The summed E-state index contributed by atoms with van der Waals surface area (Å²) in [5.74, 6) is -0.431. The smallest absolute Gasteiger partial charge is 0.343 e. The van der Waals surface area contributed by atoms with E-state index in [9.17, 15) is 9.59 Å². The van der Waals surface area contributed by atoms with E-state index in [4.69, 9.17) is 14.5 Å². The first-order chi connectivity index (χ1) is 14.9. The van der Waals surface area contributed by atoms with Gasteiger partial charge in [-0.15, -0.1) is 0 Å². The molecule has 0 saturated heterocycles. The number of esters is 1. The van der Waals surface area contributed by atoms with Crippen molar-refractivity contribution in [2.75, 3.05) is 0 Å². The van der Waals surface area contributed by atoms with Crippen LogP contribution in [0.1, 0.15) is 56.4 Å². The zero-order valence-electron chi connectivity index (χ0n) is 18.3. The highest BCUT2D eigenvalue weighted by Gasteiger charge is 2.48. The van der Waals surface area contributed by atoms with Crippen LogP contribution in [0.4, 0.5) is 0 Å². The van der Waals surface area contributed by atoms with E-state index in [1.54, 1.807) is 4.57 Å². The molecule has 31 heavy (non-hydrogen) atoms. The molecule has 0 bridgehead atoms. The second-order valence-corrected chi connectivity index (χ2v) is 8.52. The number of para-hydroxylation sites is 1. The van der Waals surface area contributed by atoms with Gasteiger partial charge in [0.15, 0.2) is 5.60 Å². The summed E-state index contributed by atoms with van der Waals surface area (Å²) < 4.78 is 13.4. The van der Waals surface area contributed by atoms with Gasteiger partial charge in [0.2, 0.25) is 0 Å². The summed E-state index contributed by atoms with van der Waals surface area (Å²) in [6.07, 6.45) is 1.04. The molecule has 6 heteroatoms. The molecule has 1 atom stereocenters. The number of hydrogen-bond acceptors (Lipinski definition) is 5. The third-order valence-electron chi connectivity index (χ3n) is 6.47. The van der Waals surface area contributed by atoms with Crippen molar-refractivity contribution in [2.45, 2.75) is 65.4 Å². The molecular weight excluding hydrogens is 392 g/mol. The van der Waals surface area contributed by atoms with Gasteiger partial charge in [-0.2, -0.15) is 0 Å². The first-order valence-corrected chi connectivity index (χ1v) is 10.9. The summed E-state index contributed by atoms with van der Waals surface area (Å²) in [7, 11) is 0. The monoisotopic (exact) mass is 418 g/mol. The maximum Gasteiger partial charge on any atom is 0.343 e. The third kappa shape index (κ3) is 2.71. The summed E-state index contributed by atoms with van der Waals surface area (Å²) in [6, 6.07) is 10.0. The average Bonchev–Trinajstić information content (AvgIpc) is 3.12. The van der Waals surface area contributed by atoms with E-state index in [0.29, 0.717) is 24.1 Å². The highest BCUT2D eigenvalue weighted by atomic mass is 16.6. The van der Waals surface area contributed by atoms with Crippen molar-refractivity contribution in [3.63, 3.8) is 0 Å². The lowest BCUT2D eigenvalue weighted by molar-refractivity contribution is -0.187. The molecule has 0 unspecified atom stereocenters. The number of pyridine rings is 2. The second kappa shape index (κ2) is 7.02. The van der Waals surface area contributed by atoms with Gasteiger partial charge in [0, 0.05) is 16.5 Å². The first-order valence-electron chi connectivity index (χ1n) is 10.9. The van der Waals surface area contributed by atoms with Gasteiger partial charge in [-0.25, -0.2) is 9.78 Å². The zero-order valence-corrected chi connectivity index (χ0v) is 18.3. The van der Waals surface area contributed by atoms with Crippen molar-refractivity contribution in [3.8, 4) is 11.4 Å². The topological polar surface area (TPSA) is 70.4 Å². The van der Waals surface area contributed by atoms with Crippen LogP contribution >= 0.6 is 0 Å². The van der Waals surface area contributed by atoms with Crippen molar-refractivity contribution in [1.29, 1.82) is 0 Å². The quantitative estimate of drug-likeness (QED) is 0.467. The molecule has 0 N–H and O–H groups in total. The van der Waals surface area contributed by atoms with Gasteiger partial charge in [-0.3, -0.25) is 4.79 Å². The molecule has 5 rings (SSSR count). The SMILES string of the molecule is CCc1c2c(nc3ccccc13)-c1cc3c(c(=O)n1C2)COC(=O)[C@@]3(CC)OC(C)C. The molecule has 0 saturated carbocycles. The van der Waals surface area contributed by atoms with Crippen molar-refractivity contribution in [1.82, 2.24) is 9.55 Å². The summed E-state index contributed by atoms with van der Waals surface area (Å²) in [6.45, 7) is 8.24. The van der Waals surface area contributed by atoms with Crippen molar-refractivity contribution in [2.24, 2.45) is 0 Å². The lowest BCUT2D eigenvalue weighted by atomic mass is 9.85. The number of aryl methyl sites for hydroxylation is 1. The normalized spacial score (nSPS) is 19.3. The number of ether oxygens (including phenoxy) is 2. The first kappa shape index (κ1) is 19.9. The van der Waals surface area contributed by atoms with Crippen LogP contribution in [0.15, 0.2) is 35.1 Å². The Hall–Kier alpha value is -2.99. The Morgan fingerprint density at radius 1 is 1.19 bits per heavy atom. The number of hydrogen-bond donors (Lipinski definition) is 0. The summed E-state index contributed by atoms with van der Waals surface area (Å²) in [5, 5.41) is 1.12. The molecule has 160 valence electrons. The number of cyclic esters (lactones) is 1. The van der Waals surface area contributed by atoms with Gasteiger partial charge >= 0.3 is 5.97 Å².